The van der Waals surface area contributed by atoms with Crippen LogP contribution in [0.25, 0.3) is 0 Å². The molecule has 13 heavy (non-hydrogen) atoms. The van der Waals surface area contributed by atoms with Gasteiger partial charge in [-0.3, -0.25) is 13.2 Å². The first-order valence-electron chi connectivity index (χ1n) is 3.64. The average molecular weight is 211 g/mol. The summed E-state index contributed by atoms with van der Waals surface area (Å²) in [7, 11) is -1.60. The molecular weight excluding hydrogens is 198 g/mol. The second-order valence-electron chi connectivity index (χ2n) is 2.20. The zero-order valence-corrected chi connectivity index (χ0v) is 8.39. The third kappa shape index (κ3) is 6.50. The van der Waals surface area contributed by atoms with Gasteiger partial charge in [0, 0.05) is 13.0 Å². The summed E-state index contributed by atoms with van der Waals surface area (Å²) in [6, 6.07) is 0. The molecule has 0 saturated carbocycles. The Kier molecular flexibility index (Phi) is 5.60. The van der Waals surface area contributed by atoms with Gasteiger partial charge in [0.1, 0.15) is 0 Å². The van der Waals surface area contributed by atoms with Gasteiger partial charge < -0.3 is 5.32 Å². The molecule has 1 saturated heterocycles. The quantitative estimate of drug-likeness (QED) is 0.661. The van der Waals surface area contributed by atoms with Crippen molar-refractivity contribution in [3.05, 3.63) is 0 Å². The van der Waals surface area contributed by atoms with Crippen LogP contribution in [-0.4, -0.2) is 35.1 Å². The van der Waals surface area contributed by atoms with Crippen LogP contribution in [0.15, 0.2) is 0 Å². The third-order valence-corrected chi connectivity index (χ3v) is 2.13. The number of hydrogen-bond donors (Lipinski definition) is 1. The molecule has 1 aliphatic rings. The van der Waals surface area contributed by atoms with Crippen LogP contribution < -0.4 is 5.32 Å². The zero-order valence-electron chi connectivity index (χ0n) is 7.57. The maximum absolute atomic E-state index is 10.1. The molecule has 1 rings (SSSR count). The smallest absolute Gasteiger partial charge is 0.356 e. The summed E-state index contributed by atoms with van der Waals surface area (Å²) in [4.78, 5) is 10.1. The molecule has 0 unspecified atom stereocenters. The van der Waals surface area contributed by atoms with E-state index in [2.05, 4.69) is 13.7 Å². The van der Waals surface area contributed by atoms with Crippen LogP contribution in [0.3, 0.4) is 0 Å². The zero-order chi connectivity index (χ0) is 10.3. The normalized spacial score (nSPS) is 16.0. The number of nitrogens with one attached hydrogen (secondary N) is 1. The monoisotopic (exact) mass is 211 g/mol. The number of amides is 1. The molecular formula is C6H13NO5S. The second-order valence-corrected chi connectivity index (χ2v) is 3.68. The second kappa shape index (κ2) is 5.90. The molecule has 0 spiro atoms. The van der Waals surface area contributed by atoms with E-state index in [9.17, 15) is 13.2 Å². The minimum Gasteiger partial charge on any atom is -0.356 e. The molecule has 0 bridgehead atoms. The average Bonchev–Trinajstić information content (AvgIpc) is 2.57. The van der Waals surface area contributed by atoms with Gasteiger partial charge in [0.15, 0.2) is 0 Å². The molecule has 0 aromatic carbocycles. The van der Waals surface area contributed by atoms with Gasteiger partial charge in [-0.05, 0) is 6.42 Å². The fourth-order valence-electron chi connectivity index (χ4n) is 0.633. The molecule has 0 aliphatic carbocycles. The lowest BCUT2D eigenvalue weighted by molar-refractivity contribution is -0.119. The highest BCUT2D eigenvalue weighted by molar-refractivity contribution is 7.81. The highest BCUT2D eigenvalue weighted by Crippen LogP contribution is 1.93. The number of rotatable bonds is 2. The Bertz CT molecular complexity index is 230. The van der Waals surface area contributed by atoms with Crippen molar-refractivity contribution in [2.24, 2.45) is 0 Å². The van der Waals surface area contributed by atoms with Crippen molar-refractivity contribution in [3.63, 3.8) is 0 Å². The Morgan fingerprint density at radius 3 is 1.92 bits per heavy atom. The maximum Gasteiger partial charge on any atom is 0.399 e. The van der Waals surface area contributed by atoms with Crippen LogP contribution in [0.1, 0.15) is 12.8 Å². The minimum absolute atomic E-state index is 0.204. The highest BCUT2D eigenvalue weighted by atomic mass is 32.3. The van der Waals surface area contributed by atoms with Crippen LogP contribution in [0.2, 0.25) is 0 Å². The topological polar surface area (TPSA) is 81.7 Å². The van der Waals surface area contributed by atoms with E-state index >= 15 is 0 Å². The molecule has 0 aromatic heterocycles. The summed E-state index contributed by atoms with van der Waals surface area (Å²) in [6.45, 7) is 0.888. The molecule has 1 fully saturated rings. The molecule has 78 valence electrons. The van der Waals surface area contributed by atoms with Gasteiger partial charge in [-0.15, -0.1) is 0 Å². The summed E-state index contributed by atoms with van der Waals surface area (Å²) in [5, 5.41) is 2.68. The first kappa shape index (κ1) is 12.3. The van der Waals surface area contributed by atoms with Crippen molar-refractivity contribution in [3.8, 4) is 0 Å². The number of carbonyl (C=O) groups excluding carboxylic acids is 1. The SMILES string of the molecule is COS(=O)(=O)OC.O=C1CCCN1. The first-order chi connectivity index (χ1) is 6.02. The fraction of sp³-hybridized carbons (Fsp3) is 0.833. The maximum atomic E-state index is 10.1. The summed E-state index contributed by atoms with van der Waals surface area (Å²) in [6.07, 6.45) is 1.76. The molecule has 0 radical (unpaired) electrons. The summed E-state index contributed by atoms with van der Waals surface area (Å²) in [5.41, 5.74) is 0. The van der Waals surface area contributed by atoms with Gasteiger partial charge >= 0.3 is 10.4 Å². The van der Waals surface area contributed by atoms with Gasteiger partial charge in [-0.2, -0.15) is 8.42 Å². The van der Waals surface area contributed by atoms with Crippen molar-refractivity contribution in [1.82, 2.24) is 5.32 Å². The van der Waals surface area contributed by atoms with Crippen molar-refractivity contribution < 1.29 is 21.6 Å². The van der Waals surface area contributed by atoms with E-state index in [-0.39, 0.29) is 5.91 Å². The summed E-state index contributed by atoms with van der Waals surface area (Å²) >= 11 is 0. The lowest BCUT2D eigenvalue weighted by Gasteiger charge is -1.91. The number of carbonyl (C=O) groups is 1. The standard InChI is InChI=1S/C4H7NO.C2H6O4S/c6-4-2-1-3-5-4;1-5-7(3,4)6-2/h1-3H2,(H,5,6);1-2H3. The number of hydrogen-bond acceptors (Lipinski definition) is 5. The Morgan fingerprint density at radius 1 is 1.31 bits per heavy atom. The summed E-state index contributed by atoms with van der Waals surface area (Å²) < 4.78 is 27.5. The first-order valence-corrected chi connectivity index (χ1v) is 4.98. The van der Waals surface area contributed by atoms with Crippen LogP contribution in [0.5, 0.6) is 0 Å². The molecule has 6 nitrogen and oxygen atoms in total. The van der Waals surface area contributed by atoms with Gasteiger partial charge in [-0.25, -0.2) is 0 Å². The lowest BCUT2D eigenvalue weighted by atomic mass is 10.4. The van der Waals surface area contributed by atoms with E-state index < -0.39 is 10.4 Å². The molecule has 0 aromatic rings. The van der Waals surface area contributed by atoms with Crippen molar-refractivity contribution in [2.45, 2.75) is 12.8 Å². The molecule has 0 atom stereocenters. The van der Waals surface area contributed by atoms with Gasteiger partial charge in [-0.1, -0.05) is 0 Å². The van der Waals surface area contributed by atoms with E-state index in [1.54, 1.807) is 0 Å². The van der Waals surface area contributed by atoms with Crippen molar-refractivity contribution in [2.75, 3.05) is 20.8 Å². The summed E-state index contributed by atoms with van der Waals surface area (Å²) in [5.74, 6) is 0.204. The Labute approximate surface area is 77.5 Å². The van der Waals surface area contributed by atoms with Crippen LogP contribution in [0, 0.1) is 0 Å². The van der Waals surface area contributed by atoms with E-state index in [0.717, 1.165) is 33.6 Å². The largest absolute Gasteiger partial charge is 0.399 e. The van der Waals surface area contributed by atoms with Crippen LogP contribution in [-0.2, 0) is 23.6 Å². The highest BCUT2D eigenvalue weighted by Gasteiger charge is 2.05. The van der Waals surface area contributed by atoms with E-state index in [1.165, 1.54) is 0 Å². The van der Waals surface area contributed by atoms with E-state index in [1.807, 2.05) is 0 Å². The Morgan fingerprint density at radius 2 is 1.85 bits per heavy atom. The molecule has 1 N–H and O–H groups in total. The fourth-order valence-corrected chi connectivity index (χ4v) is 0.769. The predicted molar refractivity (Wildman–Crippen MR) is 45.2 cm³/mol. The third-order valence-electron chi connectivity index (χ3n) is 1.31. The molecule has 7 heteroatoms. The predicted octanol–water partition coefficient (Wildman–Crippen LogP) is -0.580. The van der Waals surface area contributed by atoms with Crippen LogP contribution in [0.4, 0.5) is 0 Å². The van der Waals surface area contributed by atoms with Crippen molar-refractivity contribution >= 4 is 16.3 Å². The van der Waals surface area contributed by atoms with Crippen molar-refractivity contribution in [1.29, 1.82) is 0 Å². The van der Waals surface area contributed by atoms with Gasteiger partial charge in [0.05, 0.1) is 14.2 Å². The molecule has 1 aliphatic heterocycles. The van der Waals surface area contributed by atoms with Crippen LogP contribution >= 0.6 is 0 Å². The van der Waals surface area contributed by atoms with E-state index in [4.69, 9.17) is 0 Å². The van der Waals surface area contributed by atoms with Gasteiger partial charge in [0.25, 0.3) is 0 Å². The lowest BCUT2D eigenvalue weighted by Crippen LogP contribution is -2.12. The molecule has 1 amide bonds. The minimum atomic E-state index is -3.66. The molecule has 1 heterocycles. The Hall–Kier alpha value is -0.660. The Balaban J connectivity index is 0.000000223. The van der Waals surface area contributed by atoms with Gasteiger partial charge in [0.2, 0.25) is 5.91 Å². The van der Waals surface area contributed by atoms with E-state index in [0.29, 0.717) is 0 Å².